The summed E-state index contributed by atoms with van der Waals surface area (Å²) in [5.41, 5.74) is 1.23. The molecule has 3 heterocycles. The molecule has 0 radical (unpaired) electrons. The Labute approximate surface area is 124 Å². The largest absolute Gasteiger partial charge is 0.472 e. The van der Waals surface area contributed by atoms with Gasteiger partial charge in [0.2, 0.25) is 5.88 Å². The van der Waals surface area contributed by atoms with Crippen molar-refractivity contribution in [2.24, 2.45) is 0 Å². The Morgan fingerprint density at radius 2 is 2.00 bits per heavy atom. The Morgan fingerprint density at radius 1 is 1.29 bits per heavy atom. The first-order valence-corrected chi connectivity index (χ1v) is 7.55. The zero-order valence-corrected chi connectivity index (χ0v) is 12.7. The van der Waals surface area contributed by atoms with Gasteiger partial charge in [0.15, 0.2) is 0 Å². The summed E-state index contributed by atoms with van der Waals surface area (Å²) in [6.07, 6.45) is 2.18. The lowest BCUT2D eigenvalue weighted by Crippen LogP contribution is -2.48. The second-order valence-corrected chi connectivity index (χ2v) is 6.27. The summed E-state index contributed by atoms with van der Waals surface area (Å²) in [5, 5.41) is 19.2. The first-order chi connectivity index (χ1) is 9.99. The molecule has 1 aromatic rings. The average Bonchev–Trinajstić information content (AvgIpc) is 2.84. The number of hydrogen-bond acceptors (Lipinski definition) is 6. The highest BCUT2D eigenvalue weighted by Crippen LogP contribution is 2.30. The van der Waals surface area contributed by atoms with Gasteiger partial charge in [-0.3, -0.25) is 4.90 Å². The minimum atomic E-state index is -0.894. The summed E-state index contributed by atoms with van der Waals surface area (Å²) in [6, 6.07) is 0. The van der Waals surface area contributed by atoms with Crippen molar-refractivity contribution in [2.75, 3.05) is 26.2 Å². The first kappa shape index (κ1) is 14.7. The van der Waals surface area contributed by atoms with E-state index in [1.807, 2.05) is 13.8 Å². The van der Waals surface area contributed by atoms with Gasteiger partial charge < -0.3 is 14.9 Å². The average molecular weight is 293 g/mol. The molecule has 0 unspecified atom stereocenters. The number of aliphatic hydroxyl groups is 2. The molecule has 21 heavy (non-hydrogen) atoms. The molecule has 6 nitrogen and oxygen atoms in total. The van der Waals surface area contributed by atoms with Crippen molar-refractivity contribution >= 4 is 0 Å². The van der Waals surface area contributed by atoms with E-state index in [1.54, 1.807) is 0 Å². The Kier molecular flexibility index (Phi) is 3.86. The fourth-order valence-corrected chi connectivity index (χ4v) is 3.16. The smallest absolute Gasteiger partial charge is 0.220 e. The standard InChI is InChI=1S/C15H23N3O3/c1-10-13-7-12(21-14(13)17-11(2)16-10)8-18-5-3-15(20,9-19)4-6-18/h12,19-20H,3-9H2,1-2H3/t12-/m1/s1. The van der Waals surface area contributed by atoms with Crippen LogP contribution in [0.1, 0.15) is 29.9 Å². The van der Waals surface area contributed by atoms with E-state index >= 15 is 0 Å². The first-order valence-electron chi connectivity index (χ1n) is 7.55. The van der Waals surface area contributed by atoms with E-state index in [9.17, 15) is 10.2 Å². The van der Waals surface area contributed by atoms with Crippen molar-refractivity contribution in [3.05, 3.63) is 17.1 Å². The van der Waals surface area contributed by atoms with E-state index < -0.39 is 5.60 Å². The van der Waals surface area contributed by atoms with Crippen LogP contribution < -0.4 is 4.74 Å². The van der Waals surface area contributed by atoms with Crippen molar-refractivity contribution < 1.29 is 14.9 Å². The van der Waals surface area contributed by atoms with Gasteiger partial charge in [0.05, 0.1) is 12.2 Å². The third-order valence-electron chi connectivity index (χ3n) is 4.54. The molecule has 0 spiro atoms. The third kappa shape index (κ3) is 3.02. The number of likely N-dealkylation sites (tertiary alicyclic amines) is 1. The van der Waals surface area contributed by atoms with E-state index in [0.29, 0.717) is 12.8 Å². The Hall–Kier alpha value is -1.24. The zero-order valence-electron chi connectivity index (χ0n) is 12.7. The summed E-state index contributed by atoms with van der Waals surface area (Å²) < 4.78 is 5.94. The van der Waals surface area contributed by atoms with Crippen LogP contribution >= 0.6 is 0 Å². The van der Waals surface area contributed by atoms with E-state index in [-0.39, 0.29) is 12.7 Å². The Bertz CT molecular complexity index is 527. The number of rotatable bonds is 3. The van der Waals surface area contributed by atoms with E-state index in [1.165, 1.54) is 0 Å². The minimum Gasteiger partial charge on any atom is -0.472 e. The van der Waals surface area contributed by atoms with E-state index in [0.717, 1.165) is 49.0 Å². The van der Waals surface area contributed by atoms with Crippen LogP contribution in [0.3, 0.4) is 0 Å². The number of hydrogen-bond donors (Lipinski definition) is 2. The van der Waals surface area contributed by atoms with Crippen LogP contribution in [-0.4, -0.2) is 63.0 Å². The number of aromatic nitrogens is 2. The molecule has 0 bridgehead atoms. The highest BCUT2D eigenvalue weighted by Gasteiger charge is 2.34. The number of piperidine rings is 1. The molecule has 1 fully saturated rings. The topological polar surface area (TPSA) is 78.7 Å². The summed E-state index contributed by atoms with van der Waals surface area (Å²) in [5.74, 6) is 1.48. The van der Waals surface area contributed by atoms with Crippen molar-refractivity contribution in [3.63, 3.8) is 0 Å². The molecular weight excluding hydrogens is 270 g/mol. The number of fused-ring (bicyclic) bond motifs is 1. The van der Waals surface area contributed by atoms with Crippen LogP contribution in [0.15, 0.2) is 0 Å². The fourth-order valence-electron chi connectivity index (χ4n) is 3.16. The fraction of sp³-hybridized carbons (Fsp3) is 0.733. The van der Waals surface area contributed by atoms with Gasteiger partial charge in [-0.25, -0.2) is 4.98 Å². The molecule has 0 aromatic carbocycles. The lowest BCUT2D eigenvalue weighted by atomic mass is 9.92. The predicted octanol–water partition coefficient (Wildman–Crippen LogP) is 0.216. The van der Waals surface area contributed by atoms with Crippen molar-refractivity contribution in [1.82, 2.24) is 14.9 Å². The Balaban J connectivity index is 1.58. The molecule has 0 aliphatic carbocycles. The van der Waals surface area contributed by atoms with Crippen LogP contribution in [0.25, 0.3) is 0 Å². The van der Waals surface area contributed by atoms with E-state index in [2.05, 4.69) is 14.9 Å². The van der Waals surface area contributed by atoms with Crippen LogP contribution in [-0.2, 0) is 6.42 Å². The van der Waals surface area contributed by atoms with Crippen molar-refractivity contribution in [2.45, 2.75) is 44.8 Å². The van der Waals surface area contributed by atoms with Gasteiger partial charge >= 0.3 is 0 Å². The lowest BCUT2D eigenvalue weighted by molar-refractivity contribution is -0.0628. The highest BCUT2D eigenvalue weighted by molar-refractivity contribution is 5.34. The third-order valence-corrected chi connectivity index (χ3v) is 4.54. The number of ether oxygens (including phenoxy) is 1. The van der Waals surface area contributed by atoms with Gasteiger partial charge in [0, 0.05) is 37.3 Å². The van der Waals surface area contributed by atoms with Crippen LogP contribution in [0.4, 0.5) is 0 Å². The summed E-state index contributed by atoms with van der Waals surface area (Å²) in [6.45, 7) is 6.14. The molecule has 0 saturated carbocycles. The maximum absolute atomic E-state index is 10.0. The molecule has 1 atom stereocenters. The van der Waals surface area contributed by atoms with Crippen LogP contribution in [0, 0.1) is 13.8 Å². The number of aliphatic hydroxyl groups excluding tert-OH is 1. The second-order valence-electron chi connectivity index (χ2n) is 6.27. The van der Waals surface area contributed by atoms with Gasteiger partial charge in [-0.2, -0.15) is 4.98 Å². The molecule has 1 saturated heterocycles. The normalized spacial score (nSPS) is 24.7. The maximum atomic E-state index is 10.0. The molecular formula is C15H23N3O3. The summed E-state index contributed by atoms with van der Waals surface area (Å²) in [7, 11) is 0. The summed E-state index contributed by atoms with van der Waals surface area (Å²) in [4.78, 5) is 11.0. The molecule has 6 heteroatoms. The minimum absolute atomic E-state index is 0.107. The highest BCUT2D eigenvalue weighted by atomic mass is 16.5. The van der Waals surface area contributed by atoms with Gasteiger partial charge in [-0.05, 0) is 26.7 Å². The molecule has 2 aliphatic heterocycles. The monoisotopic (exact) mass is 293 g/mol. The molecule has 2 aliphatic rings. The second kappa shape index (κ2) is 5.51. The van der Waals surface area contributed by atoms with Gasteiger partial charge in [-0.1, -0.05) is 0 Å². The lowest BCUT2D eigenvalue weighted by Gasteiger charge is -2.37. The molecule has 1 aromatic heterocycles. The number of aryl methyl sites for hydroxylation is 2. The number of nitrogens with zero attached hydrogens (tertiary/aromatic N) is 3. The summed E-state index contributed by atoms with van der Waals surface area (Å²) >= 11 is 0. The van der Waals surface area contributed by atoms with Crippen molar-refractivity contribution in [1.29, 1.82) is 0 Å². The molecule has 116 valence electrons. The van der Waals surface area contributed by atoms with Crippen LogP contribution in [0.2, 0.25) is 0 Å². The van der Waals surface area contributed by atoms with Gasteiger partial charge in [-0.15, -0.1) is 0 Å². The quantitative estimate of drug-likeness (QED) is 0.830. The SMILES string of the molecule is Cc1nc(C)c2c(n1)O[C@@H](CN1CCC(O)(CO)CC1)C2. The zero-order chi connectivity index (χ0) is 15.0. The predicted molar refractivity (Wildman–Crippen MR) is 77.3 cm³/mol. The molecule has 0 amide bonds. The van der Waals surface area contributed by atoms with Gasteiger partial charge in [0.1, 0.15) is 11.9 Å². The van der Waals surface area contributed by atoms with Crippen LogP contribution in [0.5, 0.6) is 5.88 Å². The molecule has 2 N–H and O–H groups in total. The Morgan fingerprint density at radius 3 is 2.67 bits per heavy atom. The van der Waals surface area contributed by atoms with Gasteiger partial charge in [0.25, 0.3) is 0 Å². The maximum Gasteiger partial charge on any atom is 0.220 e. The van der Waals surface area contributed by atoms with Crippen molar-refractivity contribution in [3.8, 4) is 5.88 Å². The molecule has 3 rings (SSSR count). The van der Waals surface area contributed by atoms with E-state index in [4.69, 9.17) is 4.74 Å².